The van der Waals surface area contributed by atoms with Gasteiger partial charge in [0.15, 0.2) is 0 Å². The molecule has 0 radical (unpaired) electrons. The Kier molecular flexibility index (Phi) is 6.69. The second-order valence-electron chi connectivity index (χ2n) is 8.49. The number of benzene rings is 3. The number of fused-ring (bicyclic) bond motifs is 1. The number of carboxylic acids is 1. The van der Waals surface area contributed by atoms with E-state index in [2.05, 4.69) is 13.8 Å². The Balaban J connectivity index is 1.81. The van der Waals surface area contributed by atoms with E-state index in [-0.39, 0.29) is 5.75 Å². The Bertz CT molecular complexity index is 1400. The van der Waals surface area contributed by atoms with Crippen LogP contribution in [0.25, 0.3) is 16.2 Å². The third-order valence-corrected chi connectivity index (χ3v) is 7.15. The quantitative estimate of drug-likeness (QED) is 0.268. The zero-order chi connectivity index (χ0) is 24.6. The minimum atomic E-state index is -0.985. The Labute approximate surface area is 207 Å². The molecule has 0 unspecified atom stereocenters. The summed E-state index contributed by atoms with van der Waals surface area (Å²) in [6.07, 6.45) is 3.39. The molecule has 174 valence electrons. The van der Waals surface area contributed by atoms with Crippen molar-refractivity contribution in [1.29, 1.82) is 0 Å². The Morgan fingerprint density at radius 1 is 0.971 bits per heavy atom. The van der Waals surface area contributed by atoms with Crippen LogP contribution in [0.2, 0.25) is 5.02 Å². The summed E-state index contributed by atoms with van der Waals surface area (Å²) in [4.78, 5) is 11.9. The van der Waals surface area contributed by atoms with E-state index in [0.717, 1.165) is 65.4 Å². The lowest BCUT2D eigenvalue weighted by atomic mass is 9.99. The molecule has 4 aromatic rings. The molecule has 0 fully saturated rings. The maximum atomic E-state index is 10.9. The molecule has 0 aliphatic carbocycles. The van der Waals surface area contributed by atoms with E-state index < -0.39 is 5.97 Å². The molecule has 3 aromatic carbocycles. The predicted octanol–water partition coefficient (Wildman–Crippen LogP) is 7.97. The van der Waals surface area contributed by atoms with Crippen molar-refractivity contribution in [1.82, 2.24) is 0 Å². The van der Waals surface area contributed by atoms with Crippen LogP contribution in [0.5, 0.6) is 17.2 Å². The van der Waals surface area contributed by atoms with Gasteiger partial charge in [0.05, 0.1) is 4.88 Å². The third kappa shape index (κ3) is 4.96. The fourth-order valence-corrected chi connectivity index (χ4v) is 5.74. The molecule has 6 heteroatoms. The van der Waals surface area contributed by atoms with Crippen LogP contribution >= 0.6 is 22.9 Å². The van der Waals surface area contributed by atoms with Crippen molar-refractivity contribution in [2.75, 3.05) is 0 Å². The molecule has 4 nitrogen and oxygen atoms in total. The lowest BCUT2D eigenvalue weighted by Crippen LogP contribution is -1.98. The summed E-state index contributed by atoms with van der Waals surface area (Å²) in [5.41, 5.74) is 6.07. The summed E-state index contributed by atoms with van der Waals surface area (Å²) in [5.74, 6) is 0.744. The predicted molar refractivity (Wildman–Crippen MR) is 140 cm³/mol. The highest BCUT2D eigenvalue weighted by Gasteiger charge is 2.19. The number of carbonyl (C=O) groups is 1. The summed E-state index contributed by atoms with van der Waals surface area (Å²) in [7, 11) is 0. The van der Waals surface area contributed by atoms with Gasteiger partial charge in [0.25, 0.3) is 0 Å². The summed E-state index contributed by atoms with van der Waals surface area (Å²) >= 11 is 7.85. The Morgan fingerprint density at radius 2 is 1.62 bits per heavy atom. The minimum Gasteiger partial charge on any atom is -0.508 e. The van der Waals surface area contributed by atoms with Crippen molar-refractivity contribution >= 4 is 45.1 Å². The first-order valence-corrected chi connectivity index (χ1v) is 12.0. The number of aryl methyl sites for hydroxylation is 4. The molecule has 1 heterocycles. The monoisotopic (exact) mass is 492 g/mol. The van der Waals surface area contributed by atoms with Crippen molar-refractivity contribution < 1.29 is 19.7 Å². The number of halogens is 1. The van der Waals surface area contributed by atoms with E-state index in [1.807, 2.05) is 44.2 Å². The van der Waals surface area contributed by atoms with Gasteiger partial charge in [-0.25, -0.2) is 4.79 Å². The smallest absolute Gasteiger partial charge is 0.328 e. The van der Waals surface area contributed by atoms with Gasteiger partial charge in [0.2, 0.25) is 0 Å². The van der Waals surface area contributed by atoms with Gasteiger partial charge in [0, 0.05) is 27.6 Å². The van der Waals surface area contributed by atoms with Crippen LogP contribution in [-0.4, -0.2) is 16.2 Å². The summed E-state index contributed by atoms with van der Waals surface area (Å²) < 4.78 is 7.53. The maximum absolute atomic E-state index is 10.9. The molecule has 0 amide bonds. The number of aromatic hydroxyl groups is 1. The number of phenols is 1. The van der Waals surface area contributed by atoms with Crippen LogP contribution in [0, 0.1) is 27.7 Å². The largest absolute Gasteiger partial charge is 0.508 e. The van der Waals surface area contributed by atoms with Crippen LogP contribution in [0.1, 0.15) is 38.3 Å². The van der Waals surface area contributed by atoms with E-state index in [9.17, 15) is 9.90 Å². The molecule has 34 heavy (non-hydrogen) atoms. The van der Waals surface area contributed by atoms with Gasteiger partial charge in [-0.15, -0.1) is 11.3 Å². The topological polar surface area (TPSA) is 66.8 Å². The van der Waals surface area contributed by atoms with Crippen molar-refractivity contribution in [2.45, 2.75) is 34.1 Å². The number of ether oxygens (including phenoxy) is 1. The number of thiophene rings is 1. The maximum Gasteiger partial charge on any atom is 0.328 e. The number of hydrogen-bond donors (Lipinski definition) is 2. The second-order valence-corrected chi connectivity index (χ2v) is 10.1. The van der Waals surface area contributed by atoms with E-state index in [1.165, 1.54) is 5.56 Å². The van der Waals surface area contributed by atoms with Gasteiger partial charge in [-0.1, -0.05) is 11.6 Å². The average molecular weight is 493 g/mol. The molecule has 0 atom stereocenters. The zero-order valence-corrected chi connectivity index (χ0v) is 21.0. The van der Waals surface area contributed by atoms with Crippen molar-refractivity contribution in [3.05, 3.63) is 91.8 Å². The molecular weight excluding hydrogens is 468 g/mol. The van der Waals surface area contributed by atoms with Gasteiger partial charge >= 0.3 is 5.97 Å². The van der Waals surface area contributed by atoms with Crippen LogP contribution in [-0.2, 0) is 11.2 Å². The lowest BCUT2D eigenvalue weighted by molar-refractivity contribution is -0.131. The molecular formula is C28H25ClO4S. The molecule has 0 bridgehead atoms. The van der Waals surface area contributed by atoms with Crippen LogP contribution in [0.15, 0.2) is 48.5 Å². The fraction of sp³-hybridized carbons (Fsp3) is 0.179. The van der Waals surface area contributed by atoms with Crippen molar-refractivity contribution in [3.63, 3.8) is 0 Å². The average Bonchev–Trinajstić information content (AvgIpc) is 3.07. The van der Waals surface area contributed by atoms with E-state index in [4.69, 9.17) is 21.4 Å². The van der Waals surface area contributed by atoms with Gasteiger partial charge in [-0.2, -0.15) is 0 Å². The van der Waals surface area contributed by atoms with Crippen LogP contribution in [0.4, 0.5) is 0 Å². The normalized spacial score (nSPS) is 11.4. The van der Waals surface area contributed by atoms with E-state index in [1.54, 1.807) is 29.5 Å². The summed E-state index contributed by atoms with van der Waals surface area (Å²) in [5, 5.41) is 20.6. The number of phenolic OH excluding ortho intramolecular Hbond substituents is 1. The van der Waals surface area contributed by atoms with Crippen LogP contribution < -0.4 is 4.74 Å². The van der Waals surface area contributed by atoms with Gasteiger partial charge in [-0.05, 0) is 110 Å². The molecule has 4 rings (SSSR count). The molecule has 0 spiro atoms. The van der Waals surface area contributed by atoms with Gasteiger partial charge in [0.1, 0.15) is 17.2 Å². The summed E-state index contributed by atoms with van der Waals surface area (Å²) in [6, 6.07) is 13.1. The zero-order valence-electron chi connectivity index (χ0n) is 19.4. The third-order valence-electron chi connectivity index (χ3n) is 5.80. The highest BCUT2D eigenvalue weighted by atomic mass is 35.5. The lowest BCUT2D eigenvalue weighted by Gasteiger charge is -2.15. The Morgan fingerprint density at radius 3 is 2.24 bits per heavy atom. The highest BCUT2D eigenvalue weighted by molar-refractivity contribution is 7.19. The summed E-state index contributed by atoms with van der Waals surface area (Å²) in [6.45, 7) is 8.03. The van der Waals surface area contributed by atoms with Gasteiger partial charge < -0.3 is 14.9 Å². The second kappa shape index (κ2) is 9.53. The first-order valence-electron chi connectivity index (χ1n) is 10.8. The first kappa shape index (κ1) is 23.9. The molecule has 0 saturated carbocycles. The molecule has 0 aliphatic rings. The number of hydrogen-bond acceptors (Lipinski definition) is 4. The Hall–Kier alpha value is -3.28. The highest BCUT2D eigenvalue weighted by Crippen LogP contribution is 2.44. The van der Waals surface area contributed by atoms with Crippen LogP contribution in [0.3, 0.4) is 0 Å². The molecule has 1 aromatic heterocycles. The van der Waals surface area contributed by atoms with Crippen molar-refractivity contribution in [3.8, 4) is 17.2 Å². The molecule has 0 aliphatic heterocycles. The minimum absolute atomic E-state index is 0.215. The SMILES string of the molecule is Cc1cc(Cl)cc(C)c1Cc1sc2cc(O)ccc2c1Oc1c(C)cc(/C=C/C(=O)O)cc1C. The molecule has 0 saturated heterocycles. The molecule has 2 N–H and O–H groups in total. The number of aliphatic carboxylic acids is 1. The number of rotatable bonds is 6. The standard InChI is InChI=1S/C28H25ClO4S/c1-15-11-20(29)12-16(2)23(15)14-25-28(22-7-6-21(30)13-24(22)34-25)33-27-17(3)9-19(10-18(27)4)5-8-26(31)32/h5-13,30H,14H2,1-4H3,(H,31,32)/b8-5+. The van der Waals surface area contributed by atoms with E-state index >= 15 is 0 Å². The number of carboxylic acid groups (broad SMARTS) is 1. The van der Waals surface area contributed by atoms with Crippen molar-refractivity contribution in [2.24, 2.45) is 0 Å². The van der Waals surface area contributed by atoms with E-state index in [0.29, 0.717) is 6.42 Å². The van der Waals surface area contributed by atoms with Gasteiger partial charge in [-0.3, -0.25) is 0 Å². The first-order chi connectivity index (χ1) is 16.1. The fourth-order valence-electron chi connectivity index (χ4n) is 4.23.